The highest BCUT2D eigenvalue weighted by atomic mass is 32.2. The van der Waals surface area contributed by atoms with Crippen LogP contribution in [-0.4, -0.2) is 19.9 Å². The second kappa shape index (κ2) is 2.69. The molecule has 1 saturated heterocycles. The molecular weight excluding hydrogens is 136 g/mol. The Morgan fingerprint density at radius 3 is 1.67 bits per heavy atom. The van der Waals surface area contributed by atoms with E-state index in [0.717, 1.165) is 25.7 Å². The molecule has 2 nitrogen and oxygen atoms in total. The lowest BCUT2D eigenvalue weighted by atomic mass is 10.2. The summed E-state index contributed by atoms with van der Waals surface area (Å²) in [5.74, 6) is 0.847. The van der Waals surface area contributed by atoms with Crippen LogP contribution in [0.15, 0.2) is 0 Å². The molecule has 0 amide bonds. The number of hydrogen-bond donors (Lipinski definition) is 0. The van der Waals surface area contributed by atoms with Gasteiger partial charge in [0.2, 0.25) is 0 Å². The van der Waals surface area contributed by atoms with Crippen molar-refractivity contribution in [1.82, 2.24) is 0 Å². The zero-order chi connectivity index (χ0) is 6.74. The average molecular weight is 148 g/mol. The van der Waals surface area contributed by atoms with Gasteiger partial charge in [0.1, 0.15) is 9.84 Å². The first-order chi connectivity index (χ1) is 4.21. The Hall–Kier alpha value is -0.0500. The molecule has 0 aromatic carbocycles. The first-order valence-electron chi connectivity index (χ1n) is 3.41. The van der Waals surface area contributed by atoms with Gasteiger partial charge in [-0.3, -0.25) is 0 Å². The highest BCUT2D eigenvalue weighted by Crippen LogP contribution is 2.10. The van der Waals surface area contributed by atoms with Crippen LogP contribution < -0.4 is 0 Å². The molecule has 9 heavy (non-hydrogen) atoms. The Balaban J connectivity index is 2.56. The summed E-state index contributed by atoms with van der Waals surface area (Å²) in [7, 11) is -2.62. The summed E-state index contributed by atoms with van der Waals surface area (Å²) in [5, 5.41) is 0. The minimum atomic E-state index is -2.62. The van der Waals surface area contributed by atoms with Gasteiger partial charge in [0.25, 0.3) is 0 Å². The van der Waals surface area contributed by atoms with Gasteiger partial charge in [-0.15, -0.1) is 0 Å². The standard InChI is InChI=1S/C6H12O2S/c7-9(8)5-3-1-2-4-6-9/h1-6H2. The van der Waals surface area contributed by atoms with Gasteiger partial charge < -0.3 is 0 Å². The smallest absolute Gasteiger partial charge is 0.150 e. The molecule has 0 saturated carbocycles. The molecule has 0 aromatic heterocycles. The van der Waals surface area contributed by atoms with Crippen molar-refractivity contribution < 1.29 is 8.42 Å². The summed E-state index contributed by atoms with van der Waals surface area (Å²) in [6, 6.07) is 0. The summed E-state index contributed by atoms with van der Waals surface area (Å²) in [4.78, 5) is 0. The van der Waals surface area contributed by atoms with Crippen molar-refractivity contribution >= 4 is 9.84 Å². The van der Waals surface area contributed by atoms with E-state index >= 15 is 0 Å². The van der Waals surface area contributed by atoms with Crippen molar-refractivity contribution in [1.29, 1.82) is 0 Å². The molecule has 3 heteroatoms. The Morgan fingerprint density at radius 1 is 0.778 bits per heavy atom. The van der Waals surface area contributed by atoms with Crippen LogP contribution in [0.1, 0.15) is 25.7 Å². The Morgan fingerprint density at radius 2 is 1.22 bits per heavy atom. The van der Waals surface area contributed by atoms with Crippen molar-refractivity contribution in [3.8, 4) is 0 Å². The highest BCUT2D eigenvalue weighted by molar-refractivity contribution is 7.91. The molecule has 1 aliphatic heterocycles. The molecule has 54 valence electrons. The summed E-state index contributed by atoms with van der Waals surface area (Å²) < 4.78 is 21.7. The topological polar surface area (TPSA) is 34.1 Å². The van der Waals surface area contributed by atoms with E-state index in [-0.39, 0.29) is 0 Å². The van der Waals surface area contributed by atoms with Crippen LogP contribution in [0.4, 0.5) is 0 Å². The van der Waals surface area contributed by atoms with Crippen molar-refractivity contribution in [3.05, 3.63) is 0 Å². The molecule has 1 fully saturated rings. The fourth-order valence-corrected chi connectivity index (χ4v) is 2.59. The molecule has 1 rings (SSSR count). The SMILES string of the molecule is O=S1(=O)CCCCCC1. The van der Waals surface area contributed by atoms with E-state index in [4.69, 9.17) is 0 Å². The molecule has 0 N–H and O–H groups in total. The Kier molecular flexibility index (Phi) is 2.11. The largest absolute Gasteiger partial charge is 0.229 e. The lowest BCUT2D eigenvalue weighted by molar-refractivity contribution is 0.595. The predicted molar refractivity (Wildman–Crippen MR) is 37.1 cm³/mol. The average Bonchev–Trinajstić information content (AvgIpc) is 1.92. The molecule has 1 heterocycles. The molecule has 0 spiro atoms. The maximum Gasteiger partial charge on any atom is 0.150 e. The first kappa shape index (κ1) is 7.06. The van der Waals surface area contributed by atoms with Crippen molar-refractivity contribution in [2.45, 2.75) is 25.7 Å². The van der Waals surface area contributed by atoms with Gasteiger partial charge in [0.15, 0.2) is 0 Å². The summed E-state index contributed by atoms with van der Waals surface area (Å²) in [6.45, 7) is 0. The van der Waals surface area contributed by atoms with E-state index in [0.29, 0.717) is 11.5 Å². The zero-order valence-corrected chi connectivity index (χ0v) is 6.28. The molecular formula is C6H12O2S. The van der Waals surface area contributed by atoms with Crippen LogP contribution in [0.3, 0.4) is 0 Å². The molecule has 0 aromatic rings. The first-order valence-corrected chi connectivity index (χ1v) is 5.23. The number of sulfone groups is 1. The van der Waals surface area contributed by atoms with Gasteiger partial charge in [0, 0.05) is 0 Å². The van der Waals surface area contributed by atoms with Crippen LogP contribution in [0.25, 0.3) is 0 Å². The fraction of sp³-hybridized carbons (Fsp3) is 1.00. The predicted octanol–water partition coefficient (Wildman–Crippen LogP) is 0.975. The zero-order valence-electron chi connectivity index (χ0n) is 5.47. The summed E-state index contributed by atoms with van der Waals surface area (Å²) in [5.41, 5.74) is 0. The third kappa shape index (κ3) is 2.35. The minimum Gasteiger partial charge on any atom is -0.229 e. The normalized spacial score (nSPS) is 27.1. The Bertz CT molecular complexity index is 155. The van der Waals surface area contributed by atoms with E-state index < -0.39 is 9.84 Å². The number of hydrogen-bond acceptors (Lipinski definition) is 2. The van der Waals surface area contributed by atoms with Crippen LogP contribution >= 0.6 is 0 Å². The van der Waals surface area contributed by atoms with Gasteiger partial charge in [-0.2, -0.15) is 0 Å². The van der Waals surface area contributed by atoms with Crippen molar-refractivity contribution in [2.75, 3.05) is 11.5 Å². The Labute approximate surface area is 56.2 Å². The lowest BCUT2D eigenvalue weighted by Gasteiger charge is -1.93. The van der Waals surface area contributed by atoms with Crippen LogP contribution in [0.2, 0.25) is 0 Å². The van der Waals surface area contributed by atoms with E-state index in [1.165, 1.54) is 0 Å². The van der Waals surface area contributed by atoms with Crippen molar-refractivity contribution in [3.63, 3.8) is 0 Å². The maximum atomic E-state index is 10.9. The van der Waals surface area contributed by atoms with E-state index in [1.54, 1.807) is 0 Å². The third-order valence-electron chi connectivity index (χ3n) is 1.66. The minimum absolute atomic E-state index is 0.424. The van der Waals surface area contributed by atoms with Gasteiger partial charge >= 0.3 is 0 Å². The van der Waals surface area contributed by atoms with Gasteiger partial charge in [0.05, 0.1) is 11.5 Å². The molecule has 0 bridgehead atoms. The second-order valence-corrected chi connectivity index (χ2v) is 4.87. The van der Waals surface area contributed by atoms with E-state index in [2.05, 4.69) is 0 Å². The third-order valence-corrected chi connectivity index (χ3v) is 3.48. The quantitative estimate of drug-likeness (QED) is 0.513. The monoisotopic (exact) mass is 148 g/mol. The van der Waals surface area contributed by atoms with Gasteiger partial charge in [-0.25, -0.2) is 8.42 Å². The van der Waals surface area contributed by atoms with Crippen LogP contribution in [-0.2, 0) is 9.84 Å². The number of rotatable bonds is 0. The van der Waals surface area contributed by atoms with E-state index in [1.807, 2.05) is 0 Å². The molecule has 1 aliphatic rings. The van der Waals surface area contributed by atoms with Crippen LogP contribution in [0.5, 0.6) is 0 Å². The lowest BCUT2D eigenvalue weighted by Crippen LogP contribution is -2.07. The summed E-state index contributed by atoms with van der Waals surface area (Å²) >= 11 is 0. The molecule has 0 unspecified atom stereocenters. The van der Waals surface area contributed by atoms with Crippen LogP contribution in [0, 0.1) is 0 Å². The molecule has 0 atom stereocenters. The van der Waals surface area contributed by atoms with Gasteiger partial charge in [-0.05, 0) is 12.8 Å². The van der Waals surface area contributed by atoms with E-state index in [9.17, 15) is 8.42 Å². The molecule has 0 radical (unpaired) electrons. The van der Waals surface area contributed by atoms with Crippen molar-refractivity contribution in [2.24, 2.45) is 0 Å². The second-order valence-electron chi connectivity index (χ2n) is 2.57. The maximum absolute atomic E-state index is 10.9. The fourth-order valence-electron chi connectivity index (χ4n) is 1.10. The summed E-state index contributed by atoms with van der Waals surface area (Å²) in [6.07, 6.45) is 3.95. The van der Waals surface area contributed by atoms with Gasteiger partial charge in [-0.1, -0.05) is 12.8 Å². The molecule has 0 aliphatic carbocycles. The highest BCUT2D eigenvalue weighted by Gasteiger charge is 2.12.